The van der Waals surface area contributed by atoms with Crippen LogP contribution in [0.15, 0.2) is 14.9 Å². The quantitative estimate of drug-likeness (QED) is 0.481. The van der Waals surface area contributed by atoms with Gasteiger partial charge in [-0.15, -0.1) is 0 Å². The first-order valence-electron chi connectivity index (χ1n) is 6.18. The Kier molecular flexibility index (Phi) is 4.84. The van der Waals surface area contributed by atoms with Gasteiger partial charge in [-0.3, -0.25) is 4.90 Å². The van der Waals surface area contributed by atoms with Crippen molar-refractivity contribution in [3.63, 3.8) is 0 Å². The van der Waals surface area contributed by atoms with Crippen LogP contribution in [-0.4, -0.2) is 42.6 Å². The van der Waals surface area contributed by atoms with E-state index in [1.165, 1.54) is 0 Å². The zero-order valence-electron chi connectivity index (χ0n) is 12.5. The SMILES string of the molecule is C\C(=N/C(N)=N\C=N\B1OC(C)(C)C(C)(C)O1)C(F)(F)F. The van der Waals surface area contributed by atoms with Crippen LogP contribution in [0.4, 0.5) is 13.2 Å². The number of nitrogens with zero attached hydrogens (tertiary/aromatic N) is 3. The molecule has 1 fully saturated rings. The maximum Gasteiger partial charge on any atom is 0.614 e. The van der Waals surface area contributed by atoms with E-state index in [1.54, 1.807) is 0 Å². The molecule has 0 aromatic rings. The van der Waals surface area contributed by atoms with Crippen molar-refractivity contribution in [1.82, 2.24) is 0 Å². The van der Waals surface area contributed by atoms with Gasteiger partial charge < -0.3 is 15.0 Å². The minimum absolute atomic E-state index is 0.551. The third kappa shape index (κ3) is 4.53. The molecule has 118 valence electrons. The Morgan fingerprint density at radius 2 is 1.62 bits per heavy atom. The second-order valence-electron chi connectivity index (χ2n) is 5.51. The fourth-order valence-electron chi connectivity index (χ4n) is 1.28. The predicted octanol–water partition coefficient (Wildman–Crippen LogP) is 1.94. The Morgan fingerprint density at radius 1 is 1.14 bits per heavy atom. The molecule has 0 saturated carbocycles. The highest BCUT2D eigenvalue weighted by Crippen LogP contribution is 2.36. The number of alkyl halides is 3. The molecular weight excluding hydrogens is 288 g/mol. The van der Waals surface area contributed by atoms with Crippen molar-refractivity contribution in [2.75, 3.05) is 0 Å². The summed E-state index contributed by atoms with van der Waals surface area (Å²) in [7, 11) is -0.890. The zero-order chi connectivity index (χ0) is 16.5. The summed E-state index contributed by atoms with van der Waals surface area (Å²) in [5, 5.41) is 0. The van der Waals surface area contributed by atoms with Crippen LogP contribution in [0.5, 0.6) is 0 Å². The van der Waals surface area contributed by atoms with Gasteiger partial charge >= 0.3 is 13.4 Å². The molecule has 10 heteroatoms. The maximum absolute atomic E-state index is 12.2. The Labute approximate surface area is 121 Å². The molecule has 0 spiro atoms. The van der Waals surface area contributed by atoms with Gasteiger partial charge in [-0.2, -0.15) is 13.2 Å². The van der Waals surface area contributed by atoms with Crippen LogP contribution < -0.4 is 5.73 Å². The van der Waals surface area contributed by atoms with Crippen molar-refractivity contribution < 1.29 is 22.5 Å². The summed E-state index contributed by atoms with van der Waals surface area (Å²) in [6.45, 7) is 8.18. The van der Waals surface area contributed by atoms with E-state index in [4.69, 9.17) is 15.0 Å². The molecule has 6 nitrogen and oxygen atoms in total. The topological polar surface area (TPSA) is 81.6 Å². The first-order valence-corrected chi connectivity index (χ1v) is 6.18. The summed E-state index contributed by atoms with van der Waals surface area (Å²) in [6, 6.07) is 0. The number of halogens is 3. The third-order valence-electron chi connectivity index (χ3n) is 3.31. The number of nitrogens with two attached hydrogens (primary N) is 1. The molecule has 0 aromatic heterocycles. The standard InChI is InChI=1S/C11H18BF3N4O2/c1-7(11(13,14)15)19-8(16)17-6-18-12-20-9(2,3)10(4,5)21-12/h6H,1-5H3,(H2,16,17,18)/b19-7+. The molecule has 0 amide bonds. The molecule has 0 aliphatic carbocycles. The second-order valence-corrected chi connectivity index (χ2v) is 5.51. The molecule has 1 aliphatic heterocycles. The normalized spacial score (nSPS) is 23.1. The lowest BCUT2D eigenvalue weighted by atomic mass is 9.90. The lowest BCUT2D eigenvalue weighted by Gasteiger charge is -2.32. The minimum atomic E-state index is -4.54. The van der Waals surface area contributed by atoms with Gasteiger partial charge in [-0.05, 0) is 34.6 Å². The first-order chi connectivity index (χ1) is 9.35. The van der Waals surface area contributed by atoms with Crippen LogP contribution in [0.1, 0.15) is 34.6 Å². The van der Waals surface area contributed by atoms with Crippen LogP contribution in [0.25, 0.3) is 0 Å². The number of guanidine groups is 1. The number of rotatable bonds is 2. The van der Waals surface area contributed by atoms with Gasteiger partial charge in [0, 0.05) is 0 Å². The van der Waals surface area contributed by atoms with Crippen LogP contribution in [-0.2, 0) is 9.31 Å². The molecule has 0 aromatic carbocycles. The van der Waals surface area contributed by atoms with E-state index in [2.05, 4.69) is 14.9 Å². The lowest BCUT2D eigenvalue weighted by Crippen LogP contribution is -2.41. The maximum atomic E-state index is 12.2. The van der Waals surface area contributed by atoms with Gasteiger partial charge in [-0.1, -0.05) is 0 Å². The molecule has 0 atom stereocenters. The number of hydrogen-bond acceptors (Lipinski definition) is 3. The fourth-order valence-corrected chi connectivity index (χ4v) is 1.28. The smallest absolute Gasteiger partial charge is 0.383 e. The lowest BCUT2D eigenvalue weighted by molar-refractivity contribution is -0.0590. The molecule has 1 aliphatic rings. The van der Waals surface area contributed by atoms with E-state index in [0.29, 0.717) is 0 Å². The molecule has 21 heavy (non-hydrogen) atoms. The van der Waals surface area contributed by atoms with E-state index in [9.17, 15) is 13.2 Å². The average molecular weight is 306 g/mol. The highest BCUT2D eigenvalue weighted by atomic mass is 19.4. The van der Waals surface area contributed by atoms with Gasteiger partial charge in [0.1, 0.15) is 12.1 Å². The van der Waals surface area contributed by atoms with Gasteiger partial charge in [0.05, 0.1) is 11.2 Å². The summed E-state index contributed by atoms with van der Waals surface area (Å²) in [6.07, 6.45) is -3.58. The molecule has 1 heterocycles. The van der Waals surface area contributed by atoms with Crippen LogP contribution >= 0.6 is 0 Å². The summed E-state index contributed by atoms with van der Waals surface area (Å²) in [5.74, 6) is -0.551. The third-order valence-corrected chi connectivity index (χ3v) is 3.31. The molecule has 0 radical (unpaired) electrons. The van der Waals surface area contributed by atoms with Gasteiger partial charge in [-0.25, -0.2) is 9.98 Å². The summed E-state index contributed by atoms with van der Waals surface area (Å²) < 4.78 is 47.8. The Bertz CT molecular complexity index is 470. The summed E-state index contributed by atoms with van der Waals surface area (Å²) in [4.78, 5) is 10.4. The van der Waals surface area contributed by atoms with Crippen LogP contribution in [0.3, 0.4) is 0 Å². The highest BCUT2D eigenvalue weighted by molar-refractivity contribution is 6.44. The van der Waals surface area contributed by atoms with Gasteiger partial charge in [0.2, 0.25) is 5.96 Å². The van der Waals surface area contributed by atoms with Crippen molar-refractivity contribution in [3.05, 3.63) is 0 Å². The van der Waals surface area contributed by atoms with Crippen molar-refractivity contribution in [3.8, 4) is 0 Å². The Morgan fingerprint density at radius 3 is 2.05 bits per heavy atom. The van der Waals surface area contributed by atoms with E-state index in [0.717, 1.165) is 13.3 Å². The number of hydrogen-bond donors (Lipinski definition) is 1. The molecule has 2 N–H and O–H groups in total. The number of aliphatic imine (C=N–C) groups is 2. The highest BCUT2D eigenvalue weighted by Gasteiger charge is 2.51. The Balaban J connectivity index is 2.70. The van der Waals surface area contributed by atoms with E-state index in [-0.39, 0.29) is 0 Å². The first kappa shape index (κ1) is 17.6. The molecule has 1 saturated heterocycles. The van der Waals surface area contributed by atoms with Gasteiger partial charge in [0.15, 0.2) is 0 Å². The molecule has 0 bridgehead atoms. The van der Waals surface area contributed by atoms with Crippen molar-refractivity contribution >= 4 is 25.3 Å². The summed E-state index contributed by atoms with van der Waals surface area (Å²) in [5.41, 5.74) is 3.04. The molecule has 1 rings (SSSR count). The predicted molar refractivity (Wildman–Crippen MR) is 75.4 cm³/mol. The molecule has 0 unspecified atom stereocenters. The van der Waals surface area contributed by atoms with Crippen molar-refractivity contribution in [1.29, 1.82) is 0 Å². The van der Waals surface area contributed by atoms with E-state index >= 15 is 0 Å². The van der Waals surface area contributed by atoms with E-state index in [1.807, 2.05) is 27.7 Å². The largest absolute Gasteiger partial charge is 0.614 e. The van der Waals surface area contributed by atoms with Crippen LogP contribution in [0.2, 0.25) is 0 Å². The monoisotopic (exact) mass is 306 g/mol. The Hall–Kier alpha value is -1.42. The second kappa shape index (κ2) is 5.76. The fraction of sp³-hybridized carbons (Fsp3) is 0.727. The summed E-state index contributed by atoms with van der Waals surface area (Å²) >= 11 is 0. The zero-order valence-corrected chi connectivity index (χ0v) is 12.5. The van der Waals surface area contributed by atoms with E-state index < -0.39 is 36.3 Å². The minimum Gasteiger partial charge on any atom is -0.383 e. The van der Waals surface area contributed by atoms with Crippen molar-refractivity contribution in [2.45, 2.75) is 52.0 Å². The average Bonchev–Trinajstić information content (AvgIpc) is 2.45. The van der Waals surface area contributed by atoms with Crippen LogP contribution in [0, 0.1) is 0 Å². The van der Waals surface area contributed by atoms with Crippen molar-refractivity contribution in [2.24, 2.45) is 20.6 Å². The van der Waals surface area contributed by atoms with Gasteiger partial charge in [0.25, 0.3) is 0 Å². The molecular formula is C11H18BF3N4O2.